The molecule has 0 unspecified atom stereocenters. The third-order valence-corrected chi connectivity index (χ3v) is 2.35. The Bertz CT molecular complexity index is 526. The highest BCUT2D eigenvalue weighted by Gasteiger charge is 2.06. The van der Waals surface area contributed by atoms with Crippen LogP contribution in [0.15, 0.2) is 36.4 Å². The first-order valence-electron chi connectivity index (χ1n) is 5.35. The first-order valence-corrected chi connectivity index (χ1v) is 5.35. The zero-order valence-electron chi connectivity index (χ0n) is 10.2. The zero-order chi connectivity index (χ0) is 13.0. The molecule has 0 fully saturated rings. The number of benzene rings is 1. The van der Waals surface area contributed by atoms with Crippen molar-refractivity contribution in [3.63, 3.8) is 0 Å². The number of hydrogen-bond donors (Lipinski definition) is 1. The van der Waals surface area contributed by atoms with Crippen molar-refractivity contribution >= 4 is 5.69 Å². The van der Waals surface area contributed by atoms with E-state index in [0.717, 1.165) is 5.75 Å². The maximum atomic E-state index is 5.78. The molecule has 94 valence electrons. The molecule has 5 heteroatoms. The van der Waals surface area contributed by atoms with Crippen molar-refractivity contribution in [1.29, 1.82) is 0 Å². The highest BCUT2D eigenvalue weighted by Crippen LogP contribution is 2.28. The predicted octanol–water partition coefficient (Wildman–Crippen LogP) is 2.47. The molecule has 0 saturated carbocycles. The molecule has 2 rings (SSSR count). The van der Waals surface area contributed by atoms with E-state index in [1.165, 1.54) is 7.11 Å². The quantitative estimate of drug-likeness (QED) is 0.897. The fraction of sp³-hybridized carbons (Fsp3) is 0.154. The lowest BCUT2D eigenvalue weighted by atomic mass is 10.3. The predicted molar refractivity (Wildman–Crippen MR) is 68.3 cm³/mol. The van der Waals surface area contributed by atoms with Gasteiger partial charge in [-0.2, -0.15) is 4.98 Å². The van der Waals surface area contributed by atoms with Crippen LogP contribution in [-0.4, -0.2) is 19.2 Å². The zero-order valence-corrected chi connectivity index (χ0v) is 10.2. The van der Waals surface area contributed by atoms with Crippen molar-refractivity contribution in [2.24, 2.45) is 0 Å². The lowest BCUT2D eigenvalue weighted by Crippen LogP contribution is -1.97. The van der Waals surface area contributed by atoms with E-state index in [1.807, 2.05) is 0 Å². The normalized spacial score (nSPS) is 9.89. The van der Waals surface area contributed by atoms with Crippen LogP contribution < -0.4 is 19.9 Å². The van der Waals surface area contributed by atoms with Crippen molar-refractivity contribution in [1.82, 2.24) is 4.98 Å². The standard InChI is InChI=1S/C13H14N2O3/c1-16-9-3-5-10(6-4-9)18-13-11(14)7-8-12(15-13)17-2/h3-8H,14H2,1-2H3. The van der Waals surface area contributed by atoms with Gasteiger partial charge in [0.15, 0.2) is 0 Å². The minimum Gasteiger partial charge on any atom is -0.497 e. The van der Waals surface area contributed by atoms with E-state index in [-0.39, 0.29) is 0 Å². The van der Waals surface area contributed by atoms with Crippen molar-refractivity contribution in [3.8, 4) is 23.3 Å². The van der Waals surface area contributed by atoms with Crippen LogP contribution in [0, 0.1) is 0 Å². The van der Waals surface area contributed by atoms with E-state index in [9.17, 15) is 0 Å². The van der Waals surface area contributed by atoms with Gasteiger partial charge in [-0.25, -0.2) is 0 Å². The number of pyridine rings is 1. The minimum atomic E-state index is 0.319. The molecule has 2 aromatic rings. The Labute approximate surface area is 105 Å². The third kappa shape index (κ3) is 2.63. The highest BCUT2D eigenvalue weighted by molar-refractivity contribution is 5.51. The molecule has 2 N–H and O–H groups in total. The molecule has 0 aliphatic rings. The molecule has 0 amide bonds. The molecule has 0 bridgehead atoms. The number of nitrogens with two attached hydrogens (primary N) is 1. The molecule has 1 aromatic carbocycles. The van der Waals surface area contributed by atoms with Crippen LogP contribution in [0.5, 0.6) is 23.3 Å². The Hall–Kier alpha value is -2.43. The summed E-state index contributed by atoms with van der Waals surface area (Å²) in [7, 11) is 3.15. The number of hydrogen-bond acceptors (Lipinski definition) is 5. The summed E-state index contributed by atoms with van der Waals surface area (Å²) < 4.78 is 15.7. The van der Waals surface area contributed by atoms with Gasteiger partial charge in [0.05, 0.1) is 19.9 Å². The fourth-order valence-electron chi connectivity index (χ4n) is 1.39. The first kappa shape index (κ1) is 12.0. The van der Waals surface area contributed by atoms with E-state index in [4.69, 9.17) is 19.9 Å². The van der Waals surface area contributed by atoms with Gasteiger partial charge in [-0.1, -0.05) is 0 Å². The van der Waals surface area contributed by atoms with Gasteiger partial charge in [0.2, 0.25) is 11.8 Å². The topological polar surface area (TPSA) is 66.6 Å². The second kappa shape index (κ2) is 5.27. The molecule has 0 atom stereocenters. The van der Waals surface area contributed by atoms with E-state index in [1.54, 1.807) is 43.5 Å². The van der Waals surface area contributed by atoms with Gasteiger partial charge in [-0.3, -0.25) is 0 Å². The molecule has 0 aliphatic heterocycles. The number of aromatic nitrogens is 1. The van der Waals surface area contributed by atoms with Gasteiger partial charge in [-0.05, 0) is 30.3 Å². The van der Waals surface area contributed by atoms with Gasteiger partial charge in [0.1, 0.15) is 11.5 Å². The van der Waals surface area contributed by atoms with Gasteiger partial charge < -0.3 is 19.9 Å². The van der Waals surface area contributed by atoms with Crippen molar-refractivity contribution < 1.29 is 14.2 Å². The van der Waals surface area contributed by atoms with Gasteiger partial charge in [0, 0.05) is 6.07 Å². The molecule has 1 heterocycles. The van der Waals surface area contributed by atoms with E-state index in [0.29, 0.717) is 23.2 Å². The summed E-state index contributed by atoms with van der Waals surface area (Å²) in [5.41, 5.74) is 6.23. The van der Waals surface area contributed by atoms with Crippen LogP contribution in [0.4, 0.5) is 5.69 Å². The van der Waals surface area contributed by atoms with Crippen LogP contribution in [0.3, 0.4) is 0 Å². The lowest BCUT2D eigenvalue weighted by molar-refractivity contribution is 0.383. The molecule has 18 heavy (non-hydrogen) atoms. The van der Waals surface area contributed by atoms with Crippen LogP contribution >= 0.6 is 0 Å². The molecular formula is C13H14N2O3. The lowest BCUT2D eigenvalue weighted by Gasteiger charge is -2.09. The molecule has 0 aliphatic carbocycles. The molecule has 5 nitrogen and oxygen atoms in total. The Balaban J connectivity index is 2.21. The monoisotopic (exact) mass is 246 g/mol. The Morgan fingerprint density at radius 1 is 0.889 bits per heavy atom. The number of ether oxygens (including phenoxy) is 3. The molecule has 0 spiro atoms. The first-order chi connectivity index (χ1) is 8.72. The summed E-state index contributed by atoms with van der Waals surface area (Å²) in [6.45, 7) is 0. The average molecular weight is 246 g/mol. The highest BCUT2D eigenvalue weighted by atomic mass is 16.5. The average Bonchev–Trinajstić information content (AvgIpc) is 2.42. The van der Waals surface area contributed by atoms with E-state index >= 15 is 0 Å². The summed E-state index contributed by atoms with van der Waals surface area (Å²) in [5, 5.41) is 0. The summed E-state index contributed by atoms with van der Waals surface area (Å²) >= 11 is 0. The largest absolute Gasteiger partial charge is 0.497 e. The Morgan fingerprint density at radius 3 is 2.17 bits per heavy atom. The van der Waals surface area contributed by atoms with Crippen LogP contribution in [0.1, 0.15) is 0 Å². The summed E-state index contributed by atoms with van der Waals surface area (Å²) in [5.74, 6) is 2.16. The maximum Gasteiger partial charge on any atom is 0.246 e. The van der Waals surface area contributed by atoms with Crippen LogP contribution in [0.25, 0.3) is 0 Å². The third-order valence-electron chi connectivity index (χ3n) is 2.35. The van der Waals surface area contributed by atoms with Gasteiger partial charge >= 0.3 is 0 Å². The molecule has 1 aromatic heterocycles. The molecule has 0 saturated heterocycles. The van der Waals surface area contributed by atoms with Crippen LogP contribution in [0.2, 0.25) is 0 Å². The molecule has 0 radical (unpaired) electrons. The van der Waals surface area contributed by atoms with E-state index < -0.39 is 0 Å². The Morgan fingerprint density at radius 2 is 1.56 bits per heavy atom. The number of methoxy groups -OCH3 is 2. The number of nitrogens with zero attached hydrogens (tertiary/aromatic N) is 1. The SMILES string of the molecule is COc1ccc(Oc2nc(OC)ccc2N)cc1. The summed E-state index contributed by atoms with van der Waals surface area (Å²) in [6, 6.07) is 10.5. The number of anilines is 1. The summed E-state index contributed by atoms with van der Waals surface area (Å²) in [4.78, 5) is 4.13. The maximum absolute atomic E-state index is 5.78. The van der Waals surface area contributed by atoms with Crippen molar-refractivity contribution in [2.45, 2.75) is 0 Å². The van der Waals surface area contributed by atoms with Crippen LogP contribution in [-0.2, 0) is 0 Å². The molecular weight excluding hydrogens is 232 g/mol. The van der Waals surface area contributed by atoms with Gasteiger partial charge in [0.25, 0.3) is 0 Å². The fourth-order valence-corrected chi connectivity index (χ4v) is 1.39. The number of rotatable bonds is 4. The van der Waals surface area contributed by atoms with Gasteiger partial charge in [-0.15, -0.1) is 0 Å². The van der Waals surface area contributed by atoms with E-state index in [2.05, 4.69) is 4.98 Å². The summed E-state index contributed by atoms with van der Waals surface area (Å²) in [6.07, 6.45) is 0. The van der Waals surface area contributed by atoms with Crippen molar-refractivity contribution in [2.75, 3.05) is 20.0 Å². The minimum absolute atomic E-state index is 0.319. The second-order valence-electron chi connectivity index (χ2n) is 3.53. The van der Waals surface area contributed by atoms with Crippen molar-refractivity contribution in [3.05, 3.63) is 36.4 Å². The number of nitrogen functional groups attached to an aromatic ring is 1. The smallest absolute Gasteiger partial charge is 0.246 e. The second-order valence-corrected chi connectivity index (χ2v) is 3.53. The Kier molecular flexibility index (Phi) is 3.52.